The number of rotatable bonds is 2. The van der Waals surface area contributed by atoms with E-state index in [1.54, 1.807) is 0 Å². The summed E-state index contributed by atoms with van der Waals surface area (Å²) < 4.78 is 0. The minimum atomic E-state index is 0.0305. The Balaban J connectivity index is 2.20. The van der Waals surface area contributed by atoms with Gasteiger partial charge < -0.3 is 4.90 Å². The van der Waals surface area contributed by atoms with Gasteiger partial charge in [0.2, 0.25) is 5.91 Å². The number of nitrogens with zero attached hydrogens (tertiary/aromatic N) is 1. The van der Waals surface area contributed by atoms with Crippen LogP contribution < -0.4 is 5.32 Å². The van der Waals surface area contributed by atoms with Crippen LogP contribution in [0.1, 0.15) is 32.5 Å². The van der Waals surface area contributed by atoms with Gasteiger partial charge >= 0.3 is 0 Å². The molecule has 0 aliphatic carbocycles. The highest BCUT2D eigenvalue weighted by molar-refractivity contribution is 5.81. The molecule has 0 radical (unpaired) electrons. The van der Waals surface area contributed by atoms with Gasteiger partial charge in [0.25, 0.3) is 0 Å². The molecule has 0 saturated carbocycles. The van der Waals surface area contributed by atoms with Crippen LogP contribution in [0.5, 0.6) is 0 Å². The summed E-state index contributed by atoms with van der Waals surface area (Å²) in [6.45, 7) is 7.68. The first-order chi connectivity index (χ1) is 7.97. The second kappa shape index (κ2) is 4.49. The molecule has 1 saturated heterocycles. The third-order valence-electron chi connectivity index (χ3n) is 2.84. The van der Waals surface area contributed by atoms with Crippen LogP contribution in [0.3, 0.4) is 0 Å². The van der Waals surface area contributed by atoms with Gasteiger partial charge in [-0.25, -0.2) is 0 Å². The number of carbonyl (C=O) groups is 1. The van der Waals surface area contributed by atoms with Crippen molar-refractivity contribution in [1.29, 1.82) is 0 Å². The Morgan fingerprint density at radius 1 is 1.29 bits per heavy atom. The molecule has 3 heteroatoms. The lowest BCUT2D eigenvalue weighted by molar-refractivity contribution is -0.129. The molecular formula is C14H20N2O. The average Bonchev–Trinajstić information content (AvgIpc) is 2.60. The lowest BCUT2D eigenvalue weighted by Crippen LogP contribution is -2.37. The van der Waals surface area contributed by atoms with Crippen LogP contribution in [0.15, 0.2) is 30.3 Å². The Morgan fingerprint density at radius 3 is 2.53 bits per heavy atom. The molecule has 1 fully saturated rings. The summed E-state index contributed by atoms with van der Waals surface area (Å²) in [5.41, 5.74) is 1.27. The minimum Gasteiger partial charge on any atom is -0.321 e. The zero-order valence-corrected chi connectivity index (χ0v) is 10.7. The van der Waals surface area contributed by atoms with Crippen molar-refractivity contribution in [2.24, 2.45) is 5.41 Å². The summed E-state index contributed by atoms with van der Waals surface area (Å²) in [6.07, 6.45) is 0.0305. The van der Waals surface area contributed by atoms with E-state index in [1.165, 1.54) is 0 Å². The van der Waals surface area contributed by atoms with Crippen molar-refractivity contribution in [2.75, 3.05) is 13.1 Å². The highest BCUT2D eigenvalue weighted by atomic mass is 16.2. The Labute approximate surface area is 103 Å². The topological polar surface area (TPSA) is 32.3 Å². The molecule has 1 atom stereocenters. The van der Waals surface area contributed by atoms with E-state index in [4.69, 9.17) is 0 Å². The van der Waals surface area contributed by atoms with Gasteiger partial charge in [-0.05, 0) is 11.0 Å². The molecule has 1 aromatic rings. The maximum absolute atomic E-state index is 11.9. The van der Waals surface area contributed by atoms with Gasteiger partial charge in [-0.2, -0.15) is 0 Å². The molecule has 1 N–H and O–H groups in total. The molecule has 0 bridgehead atoms. The molecule has 0 spiro atoms. The van der Waals surface area contributed by atoms with Crippen molar-refractivity contribution in [1.82, 2.24) is 10.2 Å². The van der Waals surface area contributed by atoms with Gasteiger partial charge in [0.15, 0.2) is 0 Å². The fourth-order valence-electron chi connectivity index (χ4n) is 2.16. The highest BCUT2D eigenvalue weighted by Gasteiger charge is 2.33. The number of benzene rings is 1. The van der Waals surface area contributed by atoms with Gasteiger partial charge in [-0.3, -0.25) is 10.1 Å². The van der Waals surface area contributed by atoms with E-state index in [0.29, 0.717) is 6.54 Å². The summed E-state index contributed by atoms with van der Waals surface area (Å²) in [4.78, 5) is 13.8. The summed E-state index contributed by atoms with van der Waals surface area (Å²) >= 11 is 0. The third kappa shape index (κ3) is 2.86. The Kier molecular flexibility index (Phi) is 3.20. The van der Waals surface area contributed by atoms with E-state index in [-0.39, 0.29) is 17.5 Å². The highest BCUT2D eigenvalue weighted by Crippen LogP contribution is 2.26. The summed E-state index contributed by atoms with van der Waals surface area (Å²) in [5, 5.41) is 3.27. The largest absolute Gasteiger partial charge is 0.321 e. The second-order valence-corrected chi connectivity index (χ2v) is 5.78. The first-order valence-electron chi connectivity index (χ1n) is 6.05. The second-order valence-electron chi connectivity index (χ2n) is 5.78. The molecule has 0 aromatic heterocycles. The van der Waals surface area contributed by atoms with Crippen LogP contribution in [-0.2, 0) is 4.79 Å². The molecule has 1 aromatic carbocycles. The molecule has 17 heavy (non-hydrogen) atoms. The zero-order chi connectivity index (χ0) is 12.5. The normalized spacial score (nSPS) is 21.0. The maximum Gasteiger partial charge on any atom is 0.238 e. The van der Waals surface area contributed by atoms with Gasteiger partial charge in [0.1, 0.15) is 6.17 Å². The maximum atomic E-state index is 11.9. The standard InChI is InChI=1S/C14H20N2O/c1-14(2,3)10-16-12(17)9-15-13(16)11-7-5-4-6-8-11/h4-8,13,15H,9-10H2,1-3H3. The van der Waals surface area contributed by atoms with E-state index in [1.807, 2.05) is 23.1 Å². The molecular weight excluding hydrogens is 212 g/mol. The lowest BCUT2D eigenvalue weighted by Gasteiger charge is -2.31. The van der Waals surface area contributed by atoms with Crippen LogP contribution in [0.4, 0.5) is 0 Å². The van der Waals surface area contributed by atoms with Gasteiger partial charge in [-0.1, -0.05) is 51.1 Å². The molecule has 1 aliphatic heterocycles. The van der Waals surface area contributed by atoms with E-state index in [0.717, 1.165) is 12.1 Å². The Hall–Kier alpha value is -1.35. The number of nitrogens with one attached hydrogen (secondary N) is 1. The first kappa shape index (κ1) is 12.1. The van der Waals surface area contributed by atoms with E-state index in [9.17, 15) is 4.79 Å². The first-order valence-corrected chi connectivity index (χ1v) is 6.05. The number of hydrogen-bond donors (Lipinski definition) is 1. The van der Waals surface area contributed by atoms with E-state index >= 15 is 0 Å². The van der Waals surface area contributed by atoms with Crippen molar-refractivity contribution in [3.63, 3.8) is 0 Å². The monoisotopic (exact) mass is 232 g/mol. The molecule has 1 aliphatic rings. The summed E-state index contributed by atoms with van der Waals surface area (Å²) in [7, 11) is 0. The van der Waals surface area contributed by atoms with Crippen molar-refractivity contribution in [3.05, 3.63) is 35.9 Å². The fourth-order valence-corrected chi connectivity index (χ4v) is 2.16. The summed E-state index contributed by atoms with van der Waals surface area (Å²) in [5.74, 6) is 0.189. The molecule has 1 heterocycles. The third-order valence-corrected chi connectivity index (χ3v) is 2.84. The number of amides is 1. The van der Waals surface area contributed by atoms with Crippen molar-refractivity contribution in [3.8, 4) is 0 Å². The Bertz CT molecular complexity index is 394. The van der Waals surface area contributed by atoms with Gasteiger partial charge in [0, 0.05) is 6.54 Å². The van der Waals surface area contributed by atoms with E-state index in [2.05, 4.69) is 38.2 Å². The fraction of sp³-hybridized carbons (Fsp3) is 0.500. The smallest absolute Gasteiger partial charge is 0.238 e. The molecule has 92 valence electrons. The summed E-state index contributed by atoms with van der Waals surface area (Å²) in [6, 6.07) is 10.1. The van der Waals surface area contributed by atoms with Crippen LogP contribution in [-0.4, -0.2) is 23.9 Å². The SMILES string of the molecule is CC(C)(C)CN1C(=O)CNC1c1ccccc1. The molecule has 1 amide bonds. The van der Waals surface area contributed by atoms with Gasteiger partial charge in [0.05, 0.1) is 6.54 Å². The minimum absolute atomic E-state index is 0.0305. The molecule has 3 nitrogen and oxygen atoms in total. The van der Waals surface area contributed by atoms with E-state index < -0.39 is 0 Å². The Morgan fingerprint density at radius 2 is 1.94 bits per heavy atom. The molecule has 1 unspecified atom stereocenters. The van der Waals surface area contributed by atoms with Gasteiger partial charge in [-0.15, -0.1) is 0 Å². The van der Waals surface area contributed by atoms with Crippen LogP contribution in [0, 0.1) is 5.41 Å². The van der Waals surface area contributed by atoms with Crippen molar-refractivity contribution >= 4 is 5.91 Å². The van der Waals surface area contributed by atoms with Crippen LogP contribution in [0.25, 0.3) is 0 Å². The quantitative estimate of drug-likeness (QED) is 0.847. The van der Waals surface area contributed by atoms with Crippen LogP contribution in [0.2, 0.25) is 0 Å². The zero-order valence-electron chi connectivity index (χ0n) is 10.7. The predicted molar refractivity (Wildman–Crippen MR) is 68.4 cm³/mol. The number of hydrogen-bond acceptors (Lipinski definition) is 2. The number of carbonyl (C=O) groups excluding carboxylic acids is 1. The van der Waals surface area contributed by atoms with Crippen LogP contribution >= 0.6 is 0 Å². The molecule has 2 rings (SSSR count). The van der Waals surface area contributed by atoms with Crippen molar-refractivity contribution < 1.29 is 4.79 Å². The lowest BCUT2D eigenvalue weighted by atomic mass is 9.95. The predicted octanol–water partition coefficient (Wildman–Crippen LogP) is 2.16. The van der Waals surface area contributed by atoms with Crippen molar-refractivity contribution in [2.45, 2.75) is 26.9 Å². The average molecular weight is 232 g/mol.